The minimum Gasteiger partial charge on any atom is -0.493 e. The first kappa shape index (κ1) is 15.0. The van der Waals surface area contributed by atoms with Crippen LogP contribution < -0.4 is 9.47 Å². The summed E-state index contributed by atoms with van der Waals surface area (Å²) in [6.45, 7) is 1.54. The van der Waals surface area contributed by atoms with E-state index in [1.807, 2.05) is 0 Å². The fourth-order valence-corrected chi connectivity index (χ4v) is 2.00. The number of ether oxygens (including phenoxy) is 2. The Labute approximate surface area is 121 Å². The lowest BCUT2D eigenvalue weighted by atomic mass is 10.00. The molecule has 21 heavy (non-hydrogen) atoms. The molecular formula is C16H14F2O3. The summed E-state index contributed by atoms with van der Waals surface area (Å²) >= 11 is 0. The molecule has 0 aliphatic heterocycles. The lowest BCUT2D eigenvalue weighted by Crippen LogP contribution is -2.08. The molecule has 5 heteroatoms. The average Bonchev–Trinajstić information content (AvgIpc) is 2.49. The van der Waals surface area contributed by atoms with E-state index in [2.05, 4.69) is 0 Å². The van der Waals surface area contributed by atoms with Gasteiger partial charge in [0.15, 0.2) is 17.3 Å². The highest BCUT2D eigenvalue weighted by atomic mass is 19.1. The Morgan fingerprint density at radius 1 is 1.00 bits per heavy atom. The number of carbonyl (C=O) groups is 1. The largest absolute Gasteiger partial charge is 0.493 e. The molecule has 2 aromatic carbocycles. The number of hydrogen-bond acceptors (Lipinski definition) is 3. The van der Waals surface area contributed by atoms with Crippen LogP contribution in [0.3, 0.4) is 0 Å². The van der Waals surface area contributed by atoms with Crippen molar-refractivity contribution in [1.82, 2.24) is 0 Å². The van der Waals surface area contributed by atoms with Gasteiger partial charge in [0.05, 0.1) is 25.3 Å². The zero-order valence-corrected chi connectivity index (χ0v) is 11.9. The number of hydrogen-bond donors (Lipinski definition) is 0. The molecule has 0 spiro atoms. The van der Waals surface area contributed by atoms with Gasteiger partial charge in [0.25, 0.3) is 0 Å². The standard InChI is InChI=1S/C16H14F2O3/c1-9-5-4-6-10(15(9)18)16(19)11-7-13(20-2)14(21-3)8-12(11)17/h4-8H,1-3H3. The van der Waals surface area contributed by atoms with Gasteiger partial charge in [-0.3, -0.25) is 4.79 Å². The van der Waals surface area contributed by atoms with Crippen LogP contribution in [-0.4, -0.2) is 20.0 Å². The smallest absolute Gasteiger partial charge is 0.199 e. The summed E-state index contributed by atoms with van der Waals surface area (Å²) < 4.78 is 38.0. The molecule has 0 saturated carbocycles. The Kier molecular flexibility index (Phi) is 4.21. The van der Waals surface area contributed by atoms with Gasteiger partial charge in [-0.15, -0.1) is 0 Å². The normalized spacial score (nSPS) is 10.3. The van der Waals surface area contributed by atoms with Crippen LogP contribution in [0.5, 0.6) is 11.5 Å². The molecule has 110 valence electrons. The lowest BCUT2D eigenvalue weighted by molar-refractivity contribution is 0.103. The average molecular weight is 292 g/mol. The van der Waals surface area contributed by atoms with Crippen molar-refractivity contribution >= 4 is 5.78 Å². The highest BCUT2D eigenvalue weighted by molar-refractivity contribution is 6.09. The zero-order valence-electron chi connectivity index (χ0n) is 11.9. The Morgan fingerprint density at radius 2 is 1.62 bits per heavy atom. The first-order valence-electron chi connectivity index (χ1n) is 6.21. The van der Waals surface area contributed by atoms with Crippen LogP contribution in [0.25, 0.3) is 0 Å². The molecule has 2 aromatic rings. The molecule has 0 N–H and O–H groups in total. The second kappa shape index (κ2) is 5.91. The van der Waals surface area contributed by atoms with Crippen LogP contribution in [0.1, 0.15) is 21.5 Å². The van der Waals surface area contributed by atoms with Gasteiger partial charge in [0, 0.05) is 6.07 Å². The van der Waals surface area contributed by atoms with Gasteiger partial charge in [-0.1, -0.05) is 12.1 Å². The van der Waals surface area contributed by atoms with E-state index in [-0.39, 0.29) is 22.6 Å². The van der Waals surface area contributed by atoms with Crippen LogP contribution in [0.4, 0.5) is 8.78 Å². The quantitative estimate of drug-likeness (QED) is 0.809. The predicted molar refractivity (Wildman–Crippen MR) is 74.1 cm³/mol. The van der Waals surface area contributed by atoms with Gasteiger partial charge in [0.2, 0.25) is 0 Å². The highest BCUT2D eigenvalue weighted by Crippen LogP contribution is 2.31. The van der Waals surface area contributed by atoms with E-state index in [4.69, 9.17) is 9.47 Å². The van der Waals surface area contributed by atoms with E-state index >= 15 is 0 Å². The van der Waals surface area contributed by atoms with Crippen molar-refractivity contribution in [3.8, 4) is 11.5 Å². The van der Waals surface area contributed by atoms with Crippen molar-refractivity contribution in [2.24, 2.45) is 0 Å². The second-order valence-electron chi connectivity index (χ2n) is 4.45. The molecule has 0 atom stereocenters. The van der Waals surface area contributed by atoms with Crippen LogP contribution >= 0.6 is 0 Å². The van der Waals surface area contributed by atoms with Crippen molar-refractivity contribution < 1.29 is 23.0 Å². The van der Waals surface area contributed by atoms with Crippen molar-refractivity contribution in [1.29, 1.82) is 0 Å². The minimum absolute atomic E-state index is 0.163. The van der Waals surface area contributed by atoms with Gasteiger partial charge in [-0.05, 0) is 24.6 Å². The third kappa shape index (κ3) is 2.72. The van der Waals surface area contributed by atoms with Crippen molar-refractivity contribution in [2.45, 2.75) is 6.92 Å². The maximum Gasteiger partial charge on any atom is 0.199 e. The molecule has 0 amide bonds. The van der Waals surface area contributed by atoms with Gasteiger partial charge in [-0.25, -0.2) is 8.78 Å². The number of ketones is 1. The predicted octanol–water partition coefficient (Wildman–Crippen LogP) is 3.52. The van der Waals surface area contributed by atoms with Crippen molar-refractivity contribution in [3.63, 3.8) is 0 Å². The SMILES string of the molecule is COc1cc(F)c(C(=O)c2cccc(C)c2F)cc1OC. The molecule has 0 aromatic heterocycles. The summed E-state index contributed by atoms with van der Waals surface area (Å²) in [5.41, 5.74) is -0.125. The van der Waals surface area contributed by atoms with E-state index in [1.54, 1.807) is 6.07 Å². The Balaban J connectivity index is 2.56. The van der Waals surface area contributed by atoms with Crippen LogP contribution in [-0.2, 0) is 0 Å². The zero-order chi connectivity index (χ0) is 15.6. The topological polar surface area (TPSA) is 35.5 Å². The second-order valence-corrected chi connectivity index (χ2v) is 4.45. The monoisotopic (exact) mass is 292 g/mol. The van der Waals surface area contributed by atoms with Crippen molar-refractivity contribution in [3.05, 3.63) is 58.7 Å². The van der Waals surface area contributed by atoms with Gasteiger partial charge >= 0.3 is 0 Å². The number of rotatable bonds is 4. The van der Waals surface area contributed by atoms with E-state index in [1.165, 1.54) is 39.3 Å². The number of methoxy groups -OCH3 is 2. The third-order valence-corrected chi connectivity index (χ3v) is 3.15. The van der Waals surface area contributed by atoms with E-state index in [0.717, 1.165) is 6.07 Å². The van der Waals surface area contributed by atoms with E-state index < -0.39 is 17.4 Å². The summed E-state index contributed by atoms with van der Waals surface area (Å²) in [6, 6.07) is 6.65. The molecule has 0 aliphatic rings. The molecule has 0 radical (unpaired) electrons. The minimum atomic E-state index is -0.793. The molecule has 3 nitrogen and oxygen atoms in total. The maximum absolute atomic E-state index is 14.0. The van der Waals surface area contributed by atoms with Crippen LogP contribution in [0.2, 0.25) is 0 Å². The summed E-state index contributed by atoms with van der Waals surface area (Å²) in [6.07, 6.45) is 0. The molecule has 0 heterocycles. The van der Waals surface area contributed by atoms with E-state index in [9.17, 15) is 13.6 Å². The fraction of sp³-hybridized carbons (Fsp3) is 0.188. The molecule has 0 unspecified atom stereocenters. The van der Waals surface area contributed by atoms with Gasteiger partial charge in [-0.2, -0.15) is 0 Å². The third-order valence-electron chi connectivity index (χ3n) is 3.15. The summed E-state index contributed by atoms with van der Waals surface area (Å²) in [5, 5.41) is 0. The fourth-order valence-electron chi connectivity index (χ4n) is 2.00. The Hall–Kier alpha value is -2.43. The van der Waals surface area contributed by atoms with Crippen molar-refractivity contribution in [2.75, 3.05) is 14.2 Å². The Bertz CT molecular complexity index is 696. The molecule has 0 fully saturated rings. The molecular weight excluding hydrogens is 278 g/mol. The first-order chi connectivity index (χ1) is 9.99. The first-order valence-corrected chi connectivity index (χ1v) is 6.21. The number of aryl methyl sites for hydroxylation is 1. The van der Waals surface area contributed by atoms with E-state index in [0.29, 0.717) is 5.56 Å². The maximum atomic E-state index is 14.0. The molecule has 0 bridgehead atoms. The summed E-state index contributed by atoms with van der Waals surface area (Å²) in [7, 11) is 2.73. The molecule has 0 saturated heterocycles. The number of benzene rings is 2. The number of carbonyl (C=O) groups excluding carboxylic acids is 1. The van der Waals surface area contributed by atoms with Crippen LogP contribution in [0, 0.1) is 18.6 Å². The lowest BCUT2D eigenvalue weighted by Gasteiger charge is -2.11. The highest BCUT2D eigenvalue weighted by Gasteiger charge is 2.21. The molecule has 0 aliphatic carbocycles. The van der Waals surface area contributed by atoms with Gasteiger partial charge in [0.1, 0.15) is 11.6 Å². The van der Waals surface area contributed by atoms with Crippen LogP contribution in [0.15, 0.2) is 30.3 Å². The molecule has 2 rings (SSSR count). The summed E-state index contributed by atoms with van der Waals surface area (Å²) in [4.78, 5) is 12.3. The Morgan fingerprint density at radius 3 is 2.24 bits per heavy atom. The van der Waals surface area contributed by atoms with Gasteiger partial charge < -0.3 is 9.47 Å². The number of halogens is 2. The summed E-state index contributed by atoms with van der Waals surface area (Å²) in [5.74, 6) is -1.82.